The Morgan fingerprint density at radius 2 is 2.40 bits per heavy atom. The van der Waals surface area contributed by atoms with Crippen LogP contribution in [0.2, 0.25) is 0 Å². The lowest BCUT2D eigenvalue weighted by molar-refractivity contribution is -0.122. The molecule has 0 spiro atoms. The molecule has 0 aromatic rings. The fraction of sp³-hybridized carbons (Fsp3) is 0.429. The van der Waals surface area contributed by atoms with Gasteiger partial charge in [0, 0.05) is 12.8 Å². The molecule has 1 amide bonds. The third-order valence-electron chi connectivity index (χ3n) is 0.877. The fourth-order valence-electron chi connectivity index (χ4n) is 0.428. The van der Waals surface area contributed by atoms with E-state index in [2.05, 4.69) is 11.2 Å². The molecule has 0 aliphatic carbocycles. The average Bonchev–Trinajstić information content (AvgIpc) is 1.97. The van der Waals surface area contributed by atoms with Gasteiger partial charge in [0.2, 0.25) is 5.91 Å². The molecule has 0 bridgehead atoms. The molecule has 10 heavy (non-hydrogen) atoms. The van der Waals surface area contributed by atoms with Crippen LogP contribution in [-0.2, 0) is 9.59 Å². The number of carbonyl (C=O) groups is 2. The normalized spacial score (nSPS) is 7.90. The molecule has 54 valence electrons. The van der Waals surface area contributed by atoms with Crippen molar-refractivity contribution in [3.05, 3.63) is 0 Å². The minimum atomic E-state index is -0.176. The summed E-state index contributed by atoms with van der Waals surface area (Å²) in [7, 11) is 0. The SMILES string of the molecule is C#CCNC(=O)CCC=O. The average molecular weight is 139 g/mol. The quantitative estimate of drug-likeness (QED) is 0.430. The maximum atomic E-state index is 10.6. The van der Waals surface area contributed by atoms with E-state index in [1.54, 1.807) is 0 Å². The van der Waals surface area contributed by atoms with Gasteiger partial charge in [-0.25, -0.2) is 0 Å². The van der Waals surface area contributed by atoms with Crippen LogP contribution in [0, 0.1) is 12.3 Å². The van der Waals surface area contributed by atoms with Crippen molar-refractivity contribution >= 4 is 12.2 Å². The summed E-state index contributed by atoms with van der Waals surface area (Å²) in [5.74, 6) is 2.08. The number of carbonyl (C=O) groups excluding carboxylic acids is 2. The van der Waals surface area contributed by atoms with Gasteiger partial charge in [-0.15, -0.1) is 6.42 Å². The smallest absolute Gasteiger partial charge is 0.221 e. The Hall–Kier alpha value is -1.30. The van der Waals surface area contributed by atoms with Crippen LogP contribution in [-0.4, -0.2) is 18.7 Å². The Kier molecular flexibility index (Phi) is 5.07. The van der Waals surface area contributed by atoms with Crippen LogP contribution in [0.5, 0.6) is 0 Å². The van der Waals surface area contributed by atoms with Gasteiger partial charge in [-0.3, -0.25) is 4.79 Å². The van der Waals surface area contributed by atoms with Gasteiger partial charge < -0.3 is 10.1 Å². The van der Waals surface area contributed by atoms with Crippen LogP contribution >= 0.6 is 0 Å². The fourth-order valence-corrected chi connectivity index (χ4v) is 0.428. The molecule has 0 aromatic heterocycles. The number of hydrogen-bond donors (Lipinski definition) is 1. The van der Waals surface area contributed by atoms with E-state index in [-0.39, 0.29) is 25.3 Å². The van der Waals surface area contributed by atoms with E-state index in [0.29, 0.717) is 6.29 Å². The lowest BCUT2D eigenvalue weighted by atomic mass is 10.3. The maximum absolute atomic E-state index is 10.6. The topological polar surface area (TPSA) is 46.2 Å². The van der Waals surface area contributed by atoms with Gasteiger partial charge in [-0.2, -0.15) is 0 Å². The summed E-state index contributed by atoms with van der Waals surface area (Å²) in [5, 5.41) is 2.43. The zero-order valence-corrected chi connectivity index (χ0v) is 5.59. The first-order valence-electron chi connectivity index (χ1n) is 2.95. The second-order valence-corrected chi connectivity index (χ2v) is 1.69. The second-order valence-electron chi connectivity index (χ2n) is 1.69. The Balaban J connectivity index is 3.27. The van der Waals surface area contributed by atoms with E-state index >= 15 is 0 Å². The summed E-state index contributed by atoms with van der Waals surface area (Å²) in [5.41, 5.74) is 0. The Bertz CT molecular complexity index is 157. The van der Waals surface area contributed by atoms with Gasteiger partial charge >= 0.3 is 0 Å². The molecule has 0 rings (SSSR count). The summed E-state index contributed by atoms with van der Waals surface area (Å²) < 4.78 is 0. The van der Waals surface area contributed by atoms with E-state index in [4.69, 9.17) is 6.42 Å². The van der Waals surface area contributed by atoms with Crippen LogP contribution in [0.25, 0.3) is 0 Å². The standard InChI is InChI=1S/C7H9NO2/c1-2-5-8-7(10)4-3-6-9/h1,6H,3-5H2,(H,8,10). The zero-order valence-electron chi connectivity index (χ0n) is 5.59. The molecule has 0 fully saturated rings. The van der Waals surface area contributed by atoms with Crippen molar-refractivity contribution in [3.63, 3.8) is 0 Å². The molecule has 0 radical (unpaired) electrons. The van der Waals surface area contributed by atoms with E-state index in [1.165, 1.54) is 0 Å². The first-order chi connectivity index (χ1) is 4.81. The van der Waals surface area contributed by atoms with E-state index in [0.717, 1.165) is 0 Å². The molecule has 0 aliphatic rings. The molecule has 3 nitrogen and oxygen atoms in total. The Morgan fingerprint density at radius 3 is 2.90 bits per heavy atom. The van der Waals surface area contributed by atoms with Crippen LogP contribution in [0.1, 0.15) is 12.8 Å². The Labute approximate surface area is 59.8 Å². The summed E-state index contributed by atoms with van der Waals surface area (Å²) in [4.78, 5) is 20.4. The first-order valence-corrected chi connectivity index (χ1v) is 2.95. The van der Waals surface area contributed by atoms with Gasteiger partial charge in [-0.1, -0.05) is 5.92 Å². The van der Waals surface area contributed by atoms with Crippen molar-refractivity contribution in [2.24, 2.45) is 0 Å². The molecule has 0 atom stereocenters. The zero-order chi connectivity index (χ0) is 7.82. The van der Waals surface area contributed by atoms with Gasteiger partial charge in [0.05, 0.1) is 6.54 Å². The van der Waals surface area contributed by atoms with Crippen molar-refractivity contribution in [3.8, 4) is 12.3 Å². The van der Waals surface area contributed by atoms with Crippen molar-refractivity contribution in [1.29, 1.82) is 0 Å². The minimum absolute atomic E-state index is 0.176. The number of rotatable bonds is 4. The molecule has 0 unspecified atom stereocenters. The van der Waals surface area contributed by atoms with Crippen LogP contribution in [0.4, 0.5) is 0 Å². The number of amides is 1. The predicted molar refractivity (Wildman–Crippen MR) is 37.1 cm³/mol. The third-order valence-corrected chi connectivity index (χ3v) is 0.877. The van der Waals surface area contributed by atoms with Gasteiger partial charge in [0.15, 0.2) is 0 Å². The van der Waals surface area contributed by atoms with Crippen LogP contribution in [0.3, 0.4) is 0 Å². The highest BCUT2D eigenvalue weighted by Gasteiger charge is 1.96. The van der Waals surface area contributed by atoms with Gasteiger partial charge in [0.1, 0.15) is 6.29 Å². The van der Waals surface area contributed by atoms with Crippen molar-refractivity contribution < 1.29 is 9.59 Å². The van der Waals surface area contributed by atoms with Crippen molar-refractivity contribution in [2.75, 3.05) is 6.54 Å². The summed E-state index contributed by atoms with van der Waals surface area (Å²) in [6.45, 7) is 0.234. The number of nitrogens with one attached hydrogen (secondary N) is 1. The van der Waals surface area contributed by atoms with Crippen LogP contribution < -0.4 is 5.32 Å². The second kappa shape index (κ2) is 5.83. The summed E-state index contributed by atoms with van der Waals surface area (Å²) in [6.07, 6.45) is 6.06. The molecular weight excluding hydrogens is 130 g/mol. The van der Waals surface area contributed by atoms with E-state index < -0.39 is 0 Å². The number of hydrogen-bond acceptors (Lipinski definition) is 2. The minimum Gasteiger partial charge on any atom is -0.345 e. The van der Waals surface area contributed by atoms with Crippen molar-refractivity contribution in [1.82, 2.24) is 5.32 Å². The highest BCUT2D eigenvalue weighted by atomic mass is 16.1. The lowest BCUT2D eigenvalue weighted by Crippen LogP contribution is -2.22. The highest BCUT2D eigenvalue weighted by Crippen LogP contribution is 1.82. The molecule has 0 aliphatic heterocycles. The summed E-state index contributed by atoms with van der Waals surface area (Å²) >= 11 is 0. The van der Waals surface area contributed by atoms with Gasteiger partial charge in [-0.05, 0) is 0 Å². The van der Waals surface area contributed by atoms with E-state index in [9.17, 15) is 9.59 Å². The molecule has 0 aromatic carbocycles. The molecule has 3 heteroatoms. The molecule has 0 saturated carbocycles. The number of terminal acetylenes is 1. The maximum Gasteiger partial charge on any atom is 0.221 e. The van der Waals surface area contributed by atoms with Crippen molar-refractivity contribution in [2.45, 2.75) is 12.8 Å². The number of aldehydes is 1. The monoisotopic (exact) mass is 139 g/mol. The molecule has 0 saturated heterocycles. The largest absolute Gasteiger partial charge is 0.345 e. The van der Waals surface area contributed by atoms with Gasteiger partial charge in [0.25, 0.3) is 0 Å². The third kappa shape index (κ3) is 4.85. The Morgan fingerprint density at radius 1 is 1.70 bits per heavy atom. The predicted octanol–water partition coefficient (Wildman–Crippen LogP) is -0.285. The van der Waals surface area contributed by atoms with Crippen LogP contribution in [0.15, 0.2) is 0 Å². The highest BCUT2D eigenvalue weighted by molar-refractivity contribution is 5.78. The molecule has 1 N–H and O–H groups in total. The molecular formula is C7H9NO2. The van der Waals surface area contributed by atoms with E-state index in [1.807, 2.05) is 0 Å². The lowest BCUT2D eigenvalue weighted by Gasteiger charge is -1.95. The summed E-state index contributed by atoms with van der Waals surface area (Å²) in [6, 6.07) is 0. The molecule has 0 heterocycles. The first kappa shape index (κ1) is 8.70.